The van der Waals surface area contributed by atoms with Gasteiger partial charge < -0.3 is 20.1 Å². The van der Waals surface area contributed by atoms with E-state index in [-0.39, 0.29) is 24.4 Å². The zero-order chi connectivity index (χ0) is 22.9. The number of alkyl halides is 4. The lowest BCUT2D eigenvalue weighted by molar-refractivity contribution is -0.0964. The Hall–Kier alpha value is -2.96. The van der Waals surface area contributed by atoms with Crippen molar-refractivity contribution in [2.24, 2.45) is 0 Å². The number of hydrogen-bond donors (Lipinski definition) is 2. The van der Waals surface area contributed by atoms with E-state index >= 15 is 0 Å². The van der Waals surface area contributed by atoms with Gasteiger partial charge in [0.15, 0.2) is 0 Å². The fourth-order valence-corrected chi connectivity index (χ4v) is 3.77. The zero-order valence-electron chi connectivity index (χ0n) is 16.1. The first-order valence-corrected chi connectivity index (χ1v) is 10.4. The first-order chi connectivity index (χ1) is 15.2. The van der Waals surface area contributed by atoms with Crippen molar-refractivity contribution < 1.29 is 27.8 Å². The number of amides is 1. The molecule has 8 nitrogen and oxygen atoms in total. The average Bonchev–Trinajstić information content (AvgIpc) is 3.38. The molecule has 1 aliphatic rings. The summed E-state index contributed by atoms with van der Waals surface area (Å²) in [5, 5.41) is 12.8. The van der Waals surface area contributed by atoms with Gasteiger partial charge in [-0.15, -0.1) is 8.78 Å². The molecular formula is C19H15ClF3N5O3S. The van der Waals surface area contributed by atoms with Crippen molar-refractivity contribution >= 4 is 40.5 Å². The molecule has 2 N–H and O–H groups in total. The number of carbonyl (C=O) groups excluding carboxylic acids is 1. The van der Waals surface area contributed by atoms with Crippen molar-refractivity contribution in [3.05, 3.63) is 48.4 Å². The van der Waals surface area contributed by atoms with E-state index in [1.165, 1.54) is 36.8 Å². The molecule has 1 amide bonds. The molecule has 4 rings (SSSR count). The number of nitrogens with one attached hydrogen (secondary N) is 1. The van der Waals surface area contributed by atoms with Crippen molar-refractivity contribution in [3.8, 4) is 16.3 Å². The Balaban J connectivity index is 1.56. The van der Waals surface area contributed by atoms with Gasteiger partial charge in [-0.3, -0.25) is 4.79 Å². The van der Waals surface area contributed by atoms with Crippen LogP contribution in [0, 0.1) is 0 Å². The maximum atomic E-state index is 13.8. The molecule has 1 aromatic carbocycles. The van der Waals surface area contributed by atoms with Crippen LogP contribution in [0.4, 0.5) is 24.7 Å². The molecule has 1 fully saturated rings. The van der Waals surface area contributed by atoms with Crippen LogP contribution in [0.1, 0.15) is 10.4 Å². The standard InChI is InChI=1S/C19H15ClF3N5O3S/c20-19(22,23)31-12-3-1-11(2-4-12)27-17(30)10-5-13(18-25-9-26-32-18)16(24-6-10)28-7-14(21)15(29)8-28/h1-6,9,14-15,29H,7-8H2,(H,27,30). The summed E-state index contributed by atoms with van der Waals surface area (Å²) in [7, 11) is 0. The van der Waals surface area contributed by atoms with E-state index in [0.717, 1.165) is 11.5 Å². The van der Waals surface area contributed by atoms with E-state index in [9.17, 15) is 23.1 Å². The first kappa shape index (κ1) is 22.2. The number of rotatable bonds is 6. The molecule has 0 bridgehead atoms. The quantitative estimate of drug-likeness (QED) is 0.515. The van der Waals surface area contributed by atoms with Crippen molar-refractivity contribution in [2.75, 3.05) is 23.3 Å². The van der Waals surface area contributed by atoms with Crippen LogP contribution in [0.15, 0.2) is 42.9 Å². The topological polar surface area (TPSA) is 100 Å². The third kappa shape index (κ3) is 5.09. The monoisotopic (exact) mass is 485 g/mol. The summed E-state index contributed by atoms with van der Waals surface area (Å²) in [6.07, 6.45) is 0.125. The minimum atomic E-state index is -3.84. The summed E-state index contributed by atoms with van der Waals surface area (Å²) < 4.78 is 47.4. The second-order valence-corrected chi connectivity index (χ2v) is 8.08. The van der Waals surface area contributed by atoms with E-state index in [1.54, 1.807) is 11.0 Å². The Bertz CT molecular complexity index is 1090. The SMILES string of the molecule is O=C(Nc1ccc(OC(F)(F)Cl)cc1)c1cnc(N2CC(O)C(F)C2)c(-c2ncns2)c1. The molecule has 3 heterocycles. The molecule has 2 aromatic heterocycles. The summed E-state index contributed by atoms with van der Waals surface area (Å²) in [5.74, 6) is -0.316. The van der Waals surface area contributed by atoms with Crippen LogP contribution >= 0.6 is 23.1 Å². The van der Waals surface area contributed by atoms with Gasteiger partial charge in [0.25, 0.3) is 5.91 Å². The molecule has 0 aliphatic carbocycles. The van der Waals surface area contributed by atoms with Gasteiger partial charge in [-0.1, -0.05) is 0 Å². The Labute approximate surface area is 188 Å². The maximum absolute atomic E-state index is 13.8. The molecule has 168 valence electrons. The molecule has 2 unspecified atom stereocenters. The normalized spacial score (nSPS) is 18.6. The van der Waals surface area contributed by atoms with Crippen LogP contribution in [-0.4, -0.2) is 56.3 Å². The van der Waals surface area contributed by atoms with Crippen LogP contribution in [0.5, 0.6) is 5.75 Å². The summed E-state index contributed by atoms with van der Waals surface area (Å²) in [5.41, 5.74) is -2.87. The second-order valence-electron chi connectivity index (χ2n) is 6.86. The Morgan fingerprint density at radius 2 is 2.03 bits per heavy atom. The average molecular weight is 486 g/mol. The highest BCUT2D eigenvalue weighted by molar-refractivity contribution is 7.09. The summed E-state index contributed by atoms with van der Waals surface area (Å²) in [6, 6.07) is 6.74. The molecule has 1 aliphatic heterocycles. The number of aliphatic hydroxyl groups excluding tert-OH is 1. The van der Waals surface area contributed by atoms with E-state index in [4.69, 9.17) is 11.6 Å². The summed E-state index contributed by atoms with van der Waals surface area (Å²) in [4.78, 5) is 22.8. The number of anilines is 2. The lowest BCUT2D eigenvalue weighted by Crippen LogP contribution is -2.23. The second kappa shape index (κ2) is 8.88. The van der Waals surface area contributed by atoms with Gasteiger partial charge in [-0.25, -0.2) is 14.4 Å². The van der Waals surface area contributed by atoms with Gasteiger partial charge in [-0.05, 0) is 41.9 Å². The molecule has 32 heavy (non-hydrogen) atoms. The number of ether oxygens (including phenoxy) is 1. The number of carbonyl (C=O) groups is 1. The number of halogens is 4. The largest absolute Gasteiger partial charge is 0.487 e. The number of nitrogens with zero attached hydrogens (tertiary/aromatic N) is 4. The molecule has 0 spiro atoms. The molecule has 1 saturated heterocycles. The van der Waals surface area contributed by atoms with Crippen molar-refractivity contribution in [3.63, 3.8) is 0 Å². The highest BCUT2D eigenvalue weighted by Gasteiger charge is 2.34. The fourth-order valence-electron chi connectivity index (χ4n) is 3.15. The van der Waals surface area contributed by atoms with Gasteiger partial charge in [0.2, 0.25) is 0 Å². The van der Waals surface area contributed by atoms with Crippen LogP contribution < -0.4 is 15.0 Å². The van der Waals surface area contributed by atoms with Crippen molar-refractivity contribution in [1.29, 1.82) is 0 Å². The molecule has 2 atom stereocenters. The van der Waals surface area contributed by atoms with E-state index in [0.29, 0.717) is 22.1 Å². The fraction of sp³-hybridized carbons (Fsp3) is 0.263. The van der Waals surface area contributed by atoms with Gasteiger partial charge in [0, 0.05) is 30.0 Å². The molecule has 3 aromatic rings. The lowest BCUT2D eigenvalue weighted by Gasteiger charge is -2.19. The van der Waals surface area contributed by atoms with Crippen LogP contribution in [0.25, 0.3) is 10.6 Å². The predicted octanol–water partition coefficient (Wildman–Crippen LogP) is 3.54. The Kier molecular flexibility index (Phi) is 6.17. The Morgan fingerprint density at radius 1 is 1.28 bits per heavy atom. The third-order valence-electron chi connectivity index (χ3n) is 4.59. The number of aliphatic hydroxyl groups is 1. The predicted molar refractivity (Wildman–Crippen MR) is 112 cm³/mol. The van der Waals surface area contributed by atoms with E-state index < -0.39 is 23.8 Å². The van der Waals surface area contributed by atoms with Crippen molar-refractivity contribution in [1.82, 2.24) is 14.3 Å². The minimum absolute atomic E-state index is 0.0404. The molecule has 13 heteroatoms. The summed E-state index contributed by atoms with van der Waals surface area (Å²) >= 11 is 5.80. The molecule has 0 saturated carbocycles. The zero-order valence-corrected chi connectivity index (χ0v) is 17.7. The maximum Gasteiger partial charge on any atom is 0.487 e. The lowest BCUT2D eigenvalue weighted by atomic mass is 10.1. The van der Waals surface area contributed by atoms with E-state index in [2.05, 4.69) is 24.4 Å². The van der Waals surface area contributed by atoms with Gasteiger partial charge in [0.05, 0.1) is 17.7 Å². The number of aromatic nitrogens is 3. The highest BCUT2D eigenvalue weighted by atomic mass is 35.5. The minimum Gasteiger partial charge on any atom is -0.420 e. The highest BCUT2D eigenvalue weighted by Crippen LogP contribution is 2.33. The Morgan fingerprint density at radius 3 is 2.62 bits per heavy atom. The number of pyridine rings is 1. The van der Waals surface area contributed by atoms with E-state index in [1.807, 2.05) is 0 Å². The third-order valence-corrected chi connectivity index (χ3v) is 5.36. The summed E-state index contributed by atoms with van der Waals surface area (Å²) in [6.45, 7) is 0.0164. The molecular weight excluding hydrogens is 471 g/mol. The first-order valence-electron chi connectivity index (χ1n) is 9.21. The van der Waals surface area contributed by atoms with Crippen LogP contribution in [0.2, 0.25) is 0 Å². The van der Waals surface area contributed by atoms with Crippen molar-refractivity contribution in [2.45, 2.75) is 17.8 Å². The number of hydrogen-bond acceptors (Lipinski definition) is 8. The number of benzene rings is 1. The van der Waals surface area contributed by atoms with Gasteiger partial charge in [-0.2, -0.15) is 4.37 Å². The smallest absolute Gasteiger partial charge is 0.420 e. The van der Waals surface area contributed by atoms with Crippen LogP contribution in [0.3, 0.4) is 0 Å². The van der Waals surface area contributed by atoms with Crippen LogP contribution in [-0.2, 0) is 0 Å². The van der Waals surface area contributed by atoms with Gasteiger partial charge >= 0.3 is 5.57 Å². The molecule has 0 radical (unpaired) electrons. The van der Waals surface area contributed by atoms with Gasteiger partial charge in [0.1, 0.15) is 35.2 Å². The number of β-amino-alcohol motifs (C(OH)–C–C–N with tert-alkyl or cyclic N) is 1.